The number of rotatable bonds is 63. The molecule has 11 nitrogen and oxygen atoms in total. The number of allylic oxidation sites excluding steroid dienone is 4. The van der Waals surface area contributed by atoms with E-state index < -0.39 is 74.2 Å². The van der Waals surface area contributed by atoms with Gasteiger partial charge in [0.05, 0.1) is 25.4 Å². The standard InChI is InChI=1S/C71H137NO10/c1-3-5-7-9-11-13-15-17-19-21-23-25-27-29-30-31-32-33-35-37-39-41-43-45-47-49-51-53-55-57-59-64(75)70(80)72-62(61-81-71-69(79)68(78)67(77)65(60-73)82-71)66(76)63(74)58-56-54-52-50-48-46-44-42-40-38-36-34-28-26-24-22-20-18-16-14-12-10-8-6-4-2/h42,44,50,52,62-69,71,73-79H,3-41,43,45-49,51,53-61H2,1-2H3,(H,72,80)/b44-42+,52-50+. The molecule has 1 aliphatic heterocycles. The van der Waals surface area contributed by atoms with Gasteiger partial charge in [0.15, 0.2) is 6.29 Å². The minimum atomic E-state index is -1.67. The van der Waals surface area contributed by atoms with E-state index in [9.17, 15) is 40.5 Å². The monoisotopic (exact) mass is 1160 g/mol. The summed E-state index contributed by atoms with van der Waals surface area (Å²) in [6.45, 7) is 3.50. The molecule has 1 rings (SSSR count). The lowest BCUT2D eigenvalue weighted by Gasteiger charge is -2.40. The van der Waals surface area contributed by atoms with Crippen LogP contribution in [0.5, 0.6) is 0 Å². The molecule has 11 heteroatoms. The van der Waals surface area contributed by atoms with E-state index >= 15 is 0 Å². The van der Waals surface area contributed by atoms with Gasteiger partial charge >= 0.3 is 0 Å². The topological polar surface area (TPSA) is 189 Å². The number of carbonyl (C=O) groups excluding carboxylic acids is 1. The van der Waals surface area contributed by atoms with Gasteiger partial charge in [-0.1, -0.05) is 327 Å². The van der Waals surface area contributed by atoms with Crippen LogP contribution in [0.25, 0.3) is 0 Å². The molecule has 1 aliphatic rings. The Bertz CT molecular complexity index is 1380. The highest BCUT2D eigenvalue weighted by Gasteiger charge is 2.44. The first-order chi connectivity index (χ1) is 40.2. The highest BCUT2D eigenvalue weighted by atomic mass is 16.7. The van der Waals surface area contributed by atoms with Crippen molar-refractivity contribution in [2.24, 2.45) is 0 Å². The van der Waals surface area contributed by atoms with Crippen molar-refractivity contribution in [1.29, 1.82) is 0 Å². The average Bonchev–Trinajstić information content (AvgIpc) is 3.50. The summed E-state index contributed by atoms with van der Waals surface area (Å²) >= 11 is 0. The lowest BCUT2D eigenvalue weighted by Crippen LogP contribution is -2.60. The van der Waals surface area contributed by atoms with Gasteiger partial charge in [-0.25, -0.2) is 0 Å². The molecule has 1 amide bonds. The van der Waals surface area contributed by atoms with Gasteiger partial charge in [-0.15, -0.1) is 0 Å². The third kappa shape index (κ3) is 46.8. The SMILES string of the molecule is CCCCCCCCCCCCCCCCCC/C=C/CC/C=C/CCCC(O)C(O)C(COC1OC(CO)C(O)C(O)C1O)NC(=O)C(O)CCCCCCCCCCCCCCCCCCCCCCCCCCCCCCCC. The molecule has 9 atom stereocenters. The van der Waals surface area contributed by atoms with Crippen LogP contribution < -0.4 is 5.32 Å². The zero-order valence-electron chi connectivity index (χ0n) is 53.8. The van der Waals surface area contributed by atoms with Crippen molar-refractivity contribution in [1.82, 2.24) is 5.32 Å². The first-order valence-electron chi connectivity index (χ1n) is 35.7. The van der Waals surface area contributed by atoms with E-state index in [-0.39, 0.29) is 12.8 Å². The Kier molecular flexibility index (Phi) is 57.4. The van der Waals surface area contributed by atoms with Crippen molar-refractivity contribution in [2.45, 2.75) is 409 Å². The minimum Gasteiger partial charge on any atom is -0.394 e. The number of amides is 1. The molecule has 1 heterocycles. The van der Waals surface area contributed by atoms with Crippen LogP contribution in [-0.4, -0.2) is 110 Å². The smallest absolute Gasteiger partial charge is 0.249 e. The number of hydrogen-bond donors (Lipinski definition) is 8. The van der Waals surface area contributed by atoms with E-state index in [4.69, 9.17) is 9.47 Å². The highest BCUT2D eigenvalue weighted by molar-refractivity contribution is 5.80. The predicted octanol–water partition coefficient (Wildman–Crippen LogP) is 17.2. The molecule has 0 bridgehead atoms. The van der Waals surface area contributed by atoms with E-state index in [1.54, 1.807) is 0 Å². The molecule has 0 radical (unpaired) electrons. The first-order valence-corrected chi connectivity index (χ1v) is 35.7. The third-order valence-electron chi connectivity index (χ3n) is 17.5. The lowest BCUT2D eigenvalue weighted by atomic mass is 9.98. The molecule has 0 aromatic carbocycles. The fraction of sp³-hybridized carbons (Fsp3) is 0.930. The Morgan fingerprint density at radius 3 is 1.09 bits per heavy atom. The molecule has 0 aromatic heterocycles. The fourth-order valence-electron chi connectivity index (χ4n) is 11.8. The lowest BCUT2D eigenvalue weighted by molar-refractivity contribution is -0.303. The maximum absolute atomic E-state index is 13.3. The van der Waals surface area contributed by atoms with E-state index in [0.29, 0.717) is 19.3 Å². The molecule has 0 spiro atoms. The Labute approximate surface area is 505 Å². The van der Waals surface area contributed by atoms with Gasteiger partial charge in [-0.3, -0.25) is 4.79 Å². The molecular formula is C71H137NO10. The zero-order valence-corrected chi connectivity index (χ0v) is 53.8. The second kappa shape index (κ2) is 59.9. The second-order valence-electron chi connectivity index (χ2n) is 25.3. The molecular weight excluding hydrogens is 1030 g/mol. The van der Waals surface area contributed by atoms with Gasteiger partial charge < -0.3 is 50.5 Å². The molecule has 9 unspecified atom stereocenters. The molecule has 0 aliphatic carbocycles. The van der Waals surface area contributed by atoms with E-state index in [0.717, 1.165) is 38.5 Å². The van der Waals surface area contributed by atoms with Crippen LogP contribution in [0, 0.1) is 0 Å². The highest BCUT2D eigenvalue weighted by Crippen LogP contribution is 2.24. The van der Waals surface area contributed by atoms with Gasteiger partial charge in [0.1, 0.15) is 36.6 Å². The Morgan fingerprint density at radius 1 is 0.415 bits per heavy atom. The molecule has 486 valence electrons. The Hall–Kier alpha value is -1.41. The maximum Gasteiger partial charge on any atom is 0.249 e. The van der Waals surface area contributed by atoms with Crippen molar-refractivity contribution in [3.63, 3.8) is 0 Å². The Morgan fingerprint density at radius 2 is 0.732 bits per heavy atom. The van der Waals surface area contributed by atoms with Crippen molar-refractivity contribution in [2.75, 3.05) is 13.2 Å². The van der Waals surface area contributed by atoms with Gasteiger partial charge in [0.25, 0.3) is 0 Å². The summed E-state index contributed by atoms with van der Waals surface area (Å²) in [4.78, 5) is 13.3. The summed E-state index contributed by atoms with van der Waals surface area (Å²) in [6, 6.07) is -1.19. The molecule has 0 aromatic rings. The third-order valence-corrected chi connectivity index (χ3v) is 17.5. The van der Waals surface area contributed by atoms with Crippen LogP contribution in [0.15, 0.2) is 24.3 Å². The first kappa shape index (κ1) is 78.6. The predicted molar refractivity (Wildman–Crippen MR) is 344 cm³/mol. The summed E-state index contributed by atoms with van der Waals surface area (Å²) < 4.78 is 11.2. The quantitative estimate of drug-likeness (QED) is 0.0215. The summed E-state index contributed by atoms with van der Waals surface area (Å²) in [5.74, 6) is -0.703. The minimum absolute atomic E-state index is 0.249. The van der Waals surface area contributed by atoms with Gasteiger partial charge in [0.2, 0.25) is 5.91 Å². The number of aliphatic hydroxyl groups is 7. The van der Waals surface area contributed by atoms with Crippen LogP contribution in [0.4, 0.5) is 0 Å². The molecule has 8 N–H and O–H groups in total. The van der Waals surface area contributed by atoms with Crippen LogP contribution >= 0.6 is 0 Å². The number of carbonyl (C=O) groups is 1. The fourth-order valence-corrected chi connectivity index (χ4v) is 11.8. The number of hydrogen-bond acceptors (Lipinski definition) is 10. The second-order valence-corrected chi connectivity index (χ2v) is 25.3. The van der Waals surface area contributed by atoms with Gasteiger partial charge in [-0.05, 0) is 51.4 Å². The number of ether oxygens (including phenoxy) is 2. The van der Waals surface area contributed by atoms with Crippen LogP contribution in [0.3, 0.4) is 0 Å². The van der Waals surface area contributed by atoms with Gasteiger partial charge in [0, 0.05) is 0 Å². The zero-order chi connectivity index (χ0) is 59.6. The average molecular weight is 1160 g/mol. The van der Waals surface area contributed by atoms with Crippen molar-refractivity contribution >= 4 is 5.91 Å². The summed E-state index contributed by atoms with van der Waals surface area (Å²) in [5.41, 5.74) is 0. The van der Waals surface area contributed by atoms with Gasteiger partial charge in [-0.2, -0.15) is 0 Å². The number of nitrogens with one attached hydrogen (secondary N) is 1. The molecule has 1 fully saturated rings. The number of unbranched alkanes of at least 4 members (excludes halogenated alkanes) is 47. The van der Waals surface area contributed by atoms with E-state index in [1.165, 1.54) is 270 Å². The molecule has 1 saturated heterocycles. The van der Waals surface area contributed by atoms with E-state index in [2.05, 4.69) is 43.5 Å². The van der Waals surface area contributed by atoms with Crippen molar-refractivity contribution < 1.29 is 50.0 Å². The summed E-state index contributed by atoms with van der Waals surface area (Å²) in [7, 11) is 0. The number of aliphatic hydroxyl groups excluding tert-OH is 7. The van der Waals surface area contributed by atoms with E-state index in [1.807, 2.05) is 0 Å². The van der Waals surface area contributed by atoms with Crippen molar-refractivity contribution in [3.8, 4) is 0 Å². The largest absolute Gasteiger partial charge is 0.394 e. The molecule has 82 heavy (non-hydrogen) atoms. The van der Waals surface area contributed by atoms with Crippen LogP contribution in [0.1, 0.15) is 354 Å². The Balaban J connectivity index is 2.21. The molecule has 0 saturated carbocycles. The van der Waals surface area contributed by atoms with Crippen LogP contribution in [-0.2, 0) is 14.3 Å². The maximum atomic E-state index is 13.3. The summed E-state index contributed by atoms with van der Waals surface area (Å²) in [5, 5.41) is 76.5. The van der Waals surface area contributed by atoms with Crippen molar-refractivity contribution in [3.05, 3.63) is 24.3 Å². The normalized spacial score (nSPS) is 19.2. The summed E-state index contributed by atoms with van der Waals surface area (Å²) in [6.07, 6.45) is 64.2. The van der Waals surface area contributed by atoms with Crippen LogP contribution in [0.2, 0.25) is 0 Å².